The fraction of sp³-hybridized carbons (Fsp3) is 0.667. The standard InChI is InChI=1S/C18H29BO6/c1-12(9-15-17(22-4)11-25-19(15)24-6)18(23-5)14-10-13(20-2)7-8-16(14)21-3/h7-8,10,12,15,17-18H,9,11H2,1-6H3/t12-,15-,17+,18+/m0/s1. The first-order chi connectivity index (χ1) is 12.1. The second kappa shape index (κ2) is 9.43. The largest absolute Gasteiger partial charge is 0.497 e. The van der Waals surface area contributed by atoms with Crippen molar-refractivity contribution in [3.8, 4) is 11.5 Å². The van der Waals surface area contributed by atoms with Crippen molar-refractivity contribution < 1.29 is 28.3 Å². The molecule has 0 N–H and O–H groups in total. The minimum atomic E-state index is -0.253. The number of hydrogen-bond donors (Lipinski definition) is 0. The highest BCUT2D eigenvalue weighted by molar-refractivity contribution is 6.47. The molecule has 1 aromatic rings. The Kier molecular flexibility index (Phi) is 7.56. The fourth-order valence-corrected chi connectivity index (χ4v) is 3.64. The van der Waals surface area contributed by atoms with E-state index in [4.69, 9.17) is 28.3 Å². The smallest absolute Gasteiger partial charge is 0.462 e. The van der Waals surface area contributed by atoms with Crippen LogP contribution >= 0.6 is 0 Å². The van der Waals surface area contributed by atoms with E-state index in [-0.39, 0.29) is 31.1 Å². The first-order valence-electron chi connectivity index (χ1n) is 8.51. The highest BCUT2D eigenvalue weighted by Crippen LogP contribution is 2.41. The summed E-state index contributed by atoms with van der Waals surface area (Å²) >= 11 is 0. The number of benzene rings is 1. The fourth-order valence-electron chi connectivity index (χ4n) is 3.64. The number of rotatable bonds is 9. The van der Waals surface area contributed by atoms with Gasteiger partial charge in [0.15, 0.2) is 0 Å². The average molecular weight is 352 g/mol. The Morgan fingerprint density at radius 2 is 1.92 bits per heavy atom. The Balaban J connectivity index is 2.22. The van der Waals surface area contributed by atoms with Gasteiger partial charge in [-0.3, -0.25) is 0 Å². The highest BCUT2D eigenvalue weighted by Gasteiger charge is 2.44. The van der Waals surface area contributed by atoms with Gasteiger partial charge < -0.3 is 28.3 Å². The van der Waals surface area contributed by atoms with Crippen molar-refractivity contribution >= 4 is 7.12 Å². The molecule has 1 heterocycles. The van der Waals surface area contributed by atoms with Crippen LogP contribution in [-0.4, -0.2) is 55.4 Å². The Bertz CT molecular complexity index is 528. The summed E-state index contributed by atoms with van der Waals surface area (Å²) in [4.78, 5) is 0. The lowest BCUT2D eigenvalue weighted by molar-refractivity contribution is 0.0375. The van der Waals surface area contributed by atoms with Crippen molar-refractivity contribution in [3.63, 3.8) is 0 Å². The topological polar surface area (TPSA) is 55.4 Å². The van der Waals surface area contributed by atoms with E-state index in [1.165, 1.54) is 0 Å². The molecular weight excluding hydrogens is 323 g/mol. The summed E-state index contributed by atoms with van der Waals surface area (Å²) in [5, 5.41) is 0. The zero-order valence-corrected chi connectivity index (χ0v) is 16.0. The van der Waals surface area contributed by atoms with Gasteiger partial charge in [0.2, 0.25) is 0 Å². The molecule has 0 radical (unpaired) electrons. The molecule has 1 aliphatic rings. The van der Waals surface area contributed by atoms with Crippen LogP contribution in [0.3, 0.4) is 0 Å². The van der Waals surface area contributed by atoms with E-state index in [1.807, 2.05) is 18.2 Å². The molecule has 0 aliphatic carbocycles. The summed E-state index contributed by atoms with van der Waals surface area (Å²) < 4.78 is 33.4. The minimum Gasteiger partial charge on any atom is -0.497 e. The van der Waals surface area contributed by atoms with Crippen LogP contribution in [-0.2, 0) is 18.8 Å². The summed E-state index contributed by atoms with van der Waals surface area (Å²) in [6.45, 7) is 2.71. The van der Waals surface area contributed by atoms with Crippen molar-refractivity contribution in [3.05, 3.63) is 23.8 Å². The summed E-state index contributed by atoms with van der Waals surface area (Å²) in [7, 11) is 8.15. The van der Waals surface area contributed by atoms with Gasteiger partial charge in [-0.1, -0.05) is 6.92 Å². The predicted octanol–water partition coefficient (Wildman–Crippen LogP) is 2.97. The number of methoxy groups -OCH3 is 4. The van der Waals surface area contributed by atoms with E-state index in [0.29, 0.717) is 6.61 Å². The molecule has 0 amide bonds. The zero-order valence-electron chi connectivity index (χ0n) is 16.0. The van der Waals surface area contributed by atoms with Crippen molar-refractivity contribution in [2.24, 2.45) is 5.92 Å². The van der Waals surface area contributed by atoms with E-state index in [9.17, 15) is 0 Å². The second-order valence-corrected chi connectivity index (χ2v) is 6.35. The van der Waals surface area contributed by atoms with Crippen molar-refractivity contribution in [2.75, 3.05) is 42.2 Å². The molecule has 0 aromatic heterocycles. The third-order valence-corrected chi connectivity index (χ3v) is 4.95. The molecule has 7 heteroatoms. The van der Waals surface area contributed by atoms with Crippen LogP contribution in [0.4, 0.5) is 0 Å². The molecular formula is C18H29BO6. The molecule has 0 spiro atoms. The first-order valence-corrected chi connectivity index (χ1v) is 8.51. The second-order valence-electron chi connectivity index (χ2n) is 6.35. The molecule has 1 saturated heterocycles. The quantitative estimate of drug-likeness (QED) is 0.637. The normalized spacial score (nSPS) is 22.7. The Morgan fingerprint density at radius 3 is 2.48 bits per heavy atom. The van der Waals surface area contributed by atoms with Crippen LogP contribution in [0.1, 0.15) is 25.0 Å². The molecule has 1 fully saturated rings. The van der Waals surface area contributed by atoms with E-state index < -0.39 is 0 Å². The summed E-state index contributed by atoms with van der Waals surface area (Å²) in [6.07, 6.45) is 0.730. The molecule has 25 heavy (non-hydrogen) atoms. The molecule has 1 aromatic carbocycles. The Hall–Kier alpha value is -1.28. The predicted molar refractivity (Wildman–Crippen MR) is 96.3 cm³/mol. The molecule has 2 rings (SSSR count). The van der Waals surface area contributed by atoms with Gasteiger partial charge in [0.1, 0.15) is 11.5 Å². The zero-order chi connectivity index (χ0) is 18.4. The highest BCUT2D eigenvalue weighted by atomic mass is 16.6. The average Bonchev–Trinajstić information content (AvgIpc) is 3.03. The molecule has 0 saturated carbocycles. The van der Waals surface area contributed by atoms with E-state index in [2.05, 4.69) is 6.92 Å². The molecule has 140 valence electrons. The molecule has 0 unspecified atom stereocenters. The van der Waals surface area contributed by atoms with Crippen LogP contribution in [0.25, 0.3) is 0 Å². The minimum absolute atomic E-state index is 0.0251. The SMILES string of the molecule is COB1OC[C@@H](OC)[C@@H]1C[C@H](C)[C@@H](OC)c1cc(OC)ccc1OC. The summed E-state index contributed by atoms with van der Waals surface area (Å²) in [5.74, 6) is 1.92. The van der Waals surface area contributed by atoms with Gasteiger partial charge in [-0.15, -0.1) is 0 Å². The van der Waals surface area contributed by atoms with Gasteiger partial charge in [-0.2, -0.15) is 0 Å². The van der Waals surface area contributed by atoms with Gasteiger partial charge >= 0.3 is 7.12 Å². The third-order valence-electron chi connectivity index (χ3n) is 4.95. The number of hydrogen-bond acceptors (Lipinski definition) is 6. The first kappa shape index (κ1) is 20.0. The van der Waals surface area contributed by atoms with Crippen LogP contribution in [0.5, 0.6) is 11.5 Å². The maximum atomic E-state index is 5.83. The maximum Gasteiger partial charge on any atom is 0.462 e. The van der Waals surface area contributed by atoms with Crippen molar-refractivity contribution in [2.45, 2.75) is 31.4 Å². The monoisotopic (exact) mass is 352 g/mol. The van der Waals surface area contributed by atoms with Gasteiger partial charge in [0, 0.05) is 32.7 Å². The van der Waals surface area contributed by atoms with Gasteiger partial charge in [-0.25, -0.2) is 0 Å². The van der Waals surface area contributed by atoms with Crippen molar-refractivity contribution in [1.82, 2.24) is 0 Å². The summed E-state index contributed by atoms with van der Waals surface area (Å²) in [6, 6.07) is 5.75. The summed E-state index contributed by atoms with van der Waals surface area (Å²) in [5.41, 5.74) is 0.971. The Labute approximate surface area is 150 Å². The lowest BCUT2D eigenvalue weighted by Gasteiger charge is -2.28. The lowest BCUT2D eigenvalue weighted by atomic mass is 9.66. The van der Waals surface area contributed by atoms with Gasteiger partial charge in [0.25, 0.3) is 0 Å². The van der Waals surface area contributed by atoms with E-state index >= 15 is 0 Å². The van der Waals surface area contributed by atoms with Crippen LogP contribution in [0.2, 0.25) is 5.82 Å². The Morgan fingerprint density at radius 1 is 1.16 bits per heavy atom. The lowest BCUT2D eigenvalue weighted by Crippen LogP contribution is -2.28. The molecule has 1 aliphatic heterocycles. The molecule has 6 nitrogen and oxygen atoms in total. The third kappa shape index (κ3) is 4.47. The van der Waals surface area contributed by atoms with Crippen molar-refractivity contribution in [1.29, 1.82) is 0 Å². The molecule has 4 atom stereocenters. The van der Waals surface area contributed by atoms with E-state index in [0.717, 1.165) is 23.5 Å². The maximum absolute atomic E-state index is 5.83. The van der Waals surface area contributed by atoms with Crippen LogP contribution < -0.4 is 9.47 Å². The van der Waals surface area contributed by atoms with Crippen LogP contribution in [0, 0.1) is 5.92 Å². The van der Waals surface area contributed by atoms with Crippen LogP contribution in [0.15, 0.2) is 18.2 Å². The van der Waals surface area contributed by atoms with E-state index in [1.54, 1.807) is 35.5 Å². The van der Waals surface area contributed by atoms with Gasteiger partial charge in [0.05, 0.1) is 33.0 Å². The molecule has 0 bridgehead atoms. The van der Waals surface area contributed by atoms with Gasteiger partial charge in [-0.05, 0) is 30.5 Å². The number of ether oxygens (including phenoxy) is 4.